The number of methoxy groups -OCH3 is 1. The van der Waals surface area contributed by atoms with Crippen molar-refractivity contribution in [1.29, 1.82) is 0 Å². The van der Waals surface area contributed by atoms with E-state index in [0.29, 0.717) is 12.3 Å². The van der Waals surface area contributed by atoms with Crippen LogP contribution in [0.1, 0.15) is 40.8 Å². The molecule has 6 nitrogen and oxygen atoms in total. The Hall–Kier alpha value is -3.02. The largest absolute Gasteiger partial charge is 0.497 e. The number of furan rings is 1. The number of hydrogen-bond donors (Lipinski definition) is 0. The van der Waals surface area contributed by atoms with Gasteiger partial charge in [0.15, 0.2) is 5.76 Å². The van der Waals surface area contributed by atoms with Gasteiger partial charge in [-0.2, -0.15) is 0 Å². The van der Waals surface area contributed by atoms with Crippen molar-refractivity contribution in [2.24, 2.45) is 0 Å². The standard InChI is InChI=1S/C20H21N3O3/c1-25-16-5-2-4-15(12-16)18-6-3-10-23(18)20(24)19-8-7-17(26-19)13-22-11-9-21-14-22/h2,4-5,7-9,11-12,14,18H,3,6,10,13H2,1H3. The lowest BCUT2D eigenvalue weighted by Gasteiger charge is -2.24. The van der Waals surface area contributed by atoms with Gasteiger partial charge in [-0.05, 0) is 42.7 Å². The molecule has 0 N–H and O–H groups in total. The van der Waals surface area contributed by atoms with Gasteiger partial charge in [0.1, 0.15) is 11.5 Å². The van der Waals surface area contributed by atoms with E-state index in [1.54, 1.807) is 25.7 Å². The SMILES string of the molecule is COc1cccc(C2CCCN2C(=O)c2ccc(Cn3ccnc3)o2)c1. The number of amides is 1. The Morgan fingerprint density at radius 1 is 1.35 bits per heavy atom. The Balaban J connectivity index is 1.52. The molecule has 1 unspecified atom stereocenters. The first kappa shape index (κ1) is 16.4. The molecular formula is C20H21N3O3. The number of imidazole rings is 1. The van der Waals surface area contributed by atoms with Crippen molar-refractivity contribution in [2.45, 2.75) is 25.4 Å². The molecule has 0 saturated carbocycles. The second-order valence-corrected chi connectivity index (χ2v) is 6.43. The highest BCUT2D eigenvalue weighted by Crippen LogP contribution is 2.34. The number of carbonyl (C=O) groups excluding carboxylic acids is 1. The first-order chi connectivity index (χ1) is 12.7. The van der Waals surface area contributed by atoms with E-state index in [1.165, 1.54) is 0 Å². The predicted octanol–water partition coefficient (Wildman–Crippen LogP) is 3.51. The minimum Gasteiger partial charge on any atom is -0.497 e. The van der Waals surface area contributed by atoms with Crippen molar-refractivity contribution < 1.29 is 13.9 Å². The van der Waals surface area contributed by atoms with Crippen LogP contribution in [0.15, 0.2) is 59.5 Å². The first-order valence-corrected chi connectivity index (χ1v) is 8.74. The Kier molecular flexibility index (Phi) is 4.48. The summed E-state index contributed by atoms with van der Waals surface area (Å²) >= 11 is 0. The molecule has 0 aliphatic carbocycles. The van der Waals surface area contributed by atoms with Crippen LogP contribution in [0.2, 0.25) is 0 Å². The van der Waals surface area contributed by atoms with Gasteiger partial charge in [0.25, 0.3) is 5.91 Å². The average molecular weight is 351 g/mol. The van der Waals surface area contributed by atoms with Crippen molar-refractivity contribution in [1.82, 2.24) is 14.5 Å². The summed E-state index contributed by atoms with van der Waals surface area (Å²) < 4.78 is 13.0. The molecule has 2 aromatic heterocycles. The molecule has 3 aromatic rings. The quantitative estimate of drug-likeness (QED) is 0.706. The fourth-order valence-electron chi connectivity index (χ4n) is 3.48. The van der Waals surface area contributed by atoms with Gasteiger partial charge >= 0.3 is 0 Å². The van der Waals surface area contributed by atoms with E-state index in [1.807, 2.05) is 46.0 Å². The maximum atomic E-state index is 13.0. The van der Waals surface area contributed by atoms with Crippen LogP contribution in [0, 0.1) is 0 Å². The molecule has 0 bridgehead atoms. The molecule has 3 heterocycles. The lowest BCUT2D eigenvalue weighted by Crippen LogP contribution is -2.30. The van der Waals surface area contributed by atoms with Crippen LogP contribution in [0.5, 0.6) is 5.75 Å². The molecule has 0 spiro atoms. The summed E-state index contributed by atoms with van der Waals surface area (Å²) in [5.41, 5.74) is 1.10. The van der Waals surface area contributed by atoms with Gasteiger partial charge in [-0.25, -0.2) is 4.98 Å². The Bertz CT molecular complexity index is 885. The van der Waals surface area contributed by atoms with Gasteiger partial charge in [-0.1, -0.05) is 12.1 Å². The molecule has 134 valence electrons. The number of aromatic nitrogens is 2. The third-order valence-corrected chi connectivity index (χ3v) is 4.76. The normalized spacial score (nSPS) is 16.8. The summed E-state index contributed by atoms with van der Waals surface area (Å²) in [7, 11) is 1.65. The highest BCUT2D eigenvalue weighted by atomic mass is 16.5. The monoisotopic (exact) mass is 351 g/mol. The average Bonchev–Trinajstić information content (AvgIpc) is 3.43. The molecular weight excluding hydrogens is 330 g/mol. The highest BCUT2D eigenvalue weighted by molar-refractivity contribution is 5.92. The van der Waals surface area contributed by atoms with Gasteiger partial charge in [-0.15, -0.1) is 0 Å². The maximum Gasteiger partial charge on any atom is 0.290 e. The minimum absolute atomic E-state index is 0.0554. The van der Waals surface area contributed by atoms with E-state index in [0.717, 1.165) is 36.5 Å². The van der Waals surface area contributed by atoms with Crippen molar-refractivity contribution in [2.75, 3.05) is 13.7 Å². The number of carbonyl (C=O) groups is 1. The van der Waals surface area contributed by atoms with E-state index in [2.05, 4.69) is 4.98 Å². The molecule has 1 fully saturated rings. The Morgan fingerprint density at radius 2 is 2.27 bits per heavy atom. The number of ether oxygens (including phenoxy) is 1. The lowest BCUT2D eigenvalue weighted by molar-refractivity contribution is 0.0701. The van der Waals surface area contributed by atoms with Crippen LogP contribution in [-0.2, 0) is 6.54 Å². The van der Waals surface area contributed by atoms with E-state index in [-0.39, 0.29) is 11.9 Å². The van der Waals surface area contributed by atoms with E-state index >= 15 is 0 Å². The number of benzene rings is 1. The molecule has 1 aliphatic heterocycles. The topological polar surface area (TPSA) is 60.5 Å². The van der Waals surface area contributed by atoms with Crippen LogP contribution < -0.4 is 4.74 Å². The zero-order valence-corrected chi connectivity index (χ0v) is 14.7. The zero-order chi connectivity index (χ0) is 17.9. The van der Waals surface area contributed by atoms with Crippen LogP contribution >= 0.6 is 0 Å². The molecule has 1 amide bonds. The second kappa shape index (κ2) is 7.07. The number of rotatable bonds is 5. The van der Waals surface area contributed by atoms with Crippen molar-refractivity contribution >= 4 is 5.91 Å². The predicted molar refractivity (Wildman–Crippen MR) is 96.0 cm³/mol. The molecule has 1 aromatic carbocycles. The second-order valence-electron chi connectivity index (χ2n) is 6.43. The number of nitrogens with zero attached hydrogens (tertiary/aromatic N) is 3. The molecule has 4 rings (SSSR count). The fourth-order valence-corrected chi connectivity index (χ4v) is 3.48. The summed E-state index contributed by atoms with van der Waals surface area (Å²) in [6.07, 6.45) is 7.24. The fraction of sp³-hybridized carbons (Fsp3) is 0.300. The summed E-state index contributed by atoms with van der Waals surface area (Å²) in [4.78, 5) is 18.9. The summed E-state index contributed by atoms with van der Waals surface area (Å²) in [6, 6.07) is 11.6. The van der Waals surface area contributed by atoms with Crippen LogP contribution in [0.4, 0.5) is 0 Å². The van der Waals surface area contributed by atoms with E-state index < -0.39 is 0 Å². The molecule has 0 radical (unpaired) electrons. The Labute approximate surface area is 152 Å². The van der Waals surface area contributed by atoms with Crippen molar-refractivity contribution in [3.63, 3.8) is 0 Å². The smallest absolute Gasteiger partial charge is 0.290 e. The van der Waals surface area contributed by atoms with Crippen LogP contribution in [-0.4, -0.2) is 34.0 Å². The van der Waals surface area contributed by atoms with E-state index in [4.69, 9.17) is 9.15 Å². The van der Waals surface area contributed by atoms with Crippen LogP contribution in [0.3, 0.4) is 0 Å². The van der Waals surface area contributed by atoms with E-state index in [9.17, 15) is 4.79 Å². The molecule has 1 saturated heterocycles. The lowest BCUT2D eigenvalue weighted by atomic mass is 10.0. The number of hydrogen-bond acceptors (Lipinski definition) is 4. The molecule has 1 atom stereocenters. The summed E-state index contributed by atoms with van der Waals surface area (Å²) in [6.45, 7) is 1.30. The molecule has 26 heavy (non-hydrogen) atoms. The third-order valence-electron chi connectivity index (χ3n) is 4.76. The van der Waals surface area contributed by atoms with Gasteiger partial charge in [-0.3, -0.25) is 4.79 Å². The highest BCUT2D eigenvalue weighted by Gasteiger charge is 2.32. The molecule has 1 aliphatic rings. The van der Waals surface area contributed by atoms with Crippen LogP contribution in [0.25, 0.3) is 0 Å². The third kappa shape index (κ3) is 3.22. The van der Waals surface area contributed by atoms with Gasteiger partial charge < -0.3 is 18.6 Å². The summed E-state index contributed by atoms with van der Waals surface area (Å²) in [5, 5.41) is 0. The van der Waals surface area contributed by atoms with Gasteiger partial charge in [0.2, 0.25) is 0 Å². The van der Waals surface area contributed by atoms with Crippen molar-refractivity contribution in [3.05, 3.63) is 72.2 Å². The summed E-state index contributed by atoms with van der Waals surface area (Å²) in [5.74, 6) is 1.87. The minimum atomic E-state index is -0.0628. The van der Waals surface area contributed by atoms with Gasteiger partial charge in [0, 0.05) is 18.9 Å². The maximum absolute atomic E-state index is 13.0. The zero-order valence-electron chi connectivity index (χ0n) is 14.7. The number of likely N-dealkylation sites (tertiary alicyclic amines) is 1. The first-order valence-electron chi connectivity index (χ1n) is 8.74. The van der Waals surface area contributed by atoms with Gasteiger partial charge in [0.05, 0.1) is 26.0 Å². The Morgan fingerprint density at radius 3 is 3.08 bits per heavy atom. The van der Waals surface area contributed by atoms with Crippen molar-refractivity contribution in [3.8, 4) is 5.75 Å². The molecule has 6 heteroatoms.